The van der Waals surface area contributed by atoms with E-state index in [4.69, 9.17) is 4.74 Å². The van der Waals surface area contributed by atoms with Gasteiger partial charge in [0.1, 0.15) is 5.75 Å². The van der Waals surface area contributed by atoms with Crippen molar-refractivity contribution in [3.8, 4) is 5.75 Å². The van der Waals surface area contributed by atoms with Gasteiger partial charge in [0.05, 0.1) is 6.61 Å². The molecule has 2 rings (SSSR count). The molecule has 0 atom stereocenters. The van der Waals surface area contributed by atoms with Gasteiger partial charge in [-0.3, -0.25) is 0 Å². The number of carbonyl (C=O) groups is 1. The van der Waals surface area contributed by atoms with E-state index in [9.17, 15) is 4.79 Å². The van der Waals surface area contributed by atoms with Crippen LogP contribution in [0, 0.1) is 6.92 Å². The molecule has 0 aliphatic heterocycles. The van der Waals surface area contributed by atoms with E-state index in [-0.39, 0.29) is 6.03 Å². The fourth-order valence-electron chi connectivity index (χ4n) is 1.92. The predicted molar refractivity (Wildman–Crippen MR) is 87.4 cm³/mol. The van der Waals surface area contributed by atoms with Crippen LogP contribution in [0.25, 0.3) is 0 Å². The maximum absolute atomic E-state index is 11.8. The van der Waals surface area contributed by atoms with Crippen LogP contribution in [0.3, 0.4) is 0 Å². The van der Waals surface area contributed by atoms with Crippen molar-refractivity contribution < 1.29 is 9.53 Å². The number of urea groups is 1. The molecule has 2 amide bonds. The highest BCUT2D eigenvalue weighted by molar-refractivity contribution is 7.09. The summed E-state index contributed by atoms with van der Waals surface area (Å²) in [7, 11) is 0. The molecule has 2 aromatic rings. The molecule has 0 aliphatic rings. The summed E-state index contributed by atoms with van der Waals surface area (Å²) in [6.45, 7) is 5.15. The van der Waals surface area contributed by atoms with Crippen LogP contribution >= 0.6 is 11.3 Å². The standard InChI is InChI=1S/C16H20N2O2S/c1-3-20-15-11-13(7-6-12(15)2)18-16(19)17-9-8-14-5-4-10-21-14/h4-7,10-11H,3,8-9H2,1-2H3,(H2,17,18,19). The van der Waals surface area contributed by atoms with Gasteiger partial charge in [-0.05, 0) is 43.3 Å². The number of rotatable bonds is 6. The number of amides is 2. The third kappa shape index (κ3) is 4.79. The first-order valence-corrected chi connectivity index (χ1v) is 7.87. The van der Waals surface area contributed by atoms with Crippen molar-refractivity contribution in [2.75, 3.05) is 18.5 Å². The Morgan fingerprint density at radius 2 is 2.19 bits per heavy atom. The normalized spacial score (nSPS) is 10.2. The van der Waals surface area contributed by atoms with Crippen molar-refractivity contribution in [2.24, 2.45) is 0 Å². The lowest BCUT2D eigenvalue weighted by atomic mass is 10.2. The predicted octanol–water partition coefficient (Wildman–Crippen LogP) is 3.82. The number of benzene rings is 1. The molecular formula is C16H20N2O2S. The number of thiophene rings is 1. The summed E-state index contributed by atoms with van der Waals surface area (Å²) in [5.41, 5.74) is 1.79. The van der Waals surface area contributed by atoms with Crippen LogP contribution in [0.4, 0.5) is 10.5 Å². The fraction of sp³-hybridized carbons (Fsp3) is 0.312. The minimum atomic E-state index is -0.196. The maximum Gasteiger partial charge on any atom is 0.319 e. The van der Waals surface area contributed by atoms with Crippen molar-refractivity contribution in [3.05, 3.63) is 46.2 Å². The zero-order valence-corrected chi connectivity index (χ0v) is 13.1. The summed E-state index contributed by atoms with van der Waals surface area (Å²) in [5, 5.41) is 7.71. The number of anilines is 1. The van der Waals surface area contributed by atoms with Crippen LogP contribution in [0.1, 0.15) is 17.4 Å². The summed E-state index contributed by atoms with van der Waals surface area (Å²) < 4.78 is 5.52. The summed E-state index contributed by atoms with van der Waals surface area (Å²) in [6.07, 6.45) is 0.850. The van der Waals surface area contributed by atoms with Crippen LogP contribution in [0.2, 0.25) is 0 Å². The van der Waals surface area contributed by atoms with Gasteiger partial charge in [0, 0.05) is 23.2 Å². The second kappa shape index (κ2) is 7.69. The molecule has 0 spiro atoms. The van der Waals surface area contributed by atoms with Gasteiger partial charge in [-0.25, -0.2) is 4.79 Å². The Morgan fingerprint density at radius 3 is 2.90 bits per heavy atom. The van der Waals surface area contributed by atoms with Gasteiger partial charge >= 0.3 is 6.03 Å². The molecule has 112 valence electrons. The van der Waals surface area contributed by atoms with Gasteiger partial charge in [-0.15, -0.1) is 11.3 Å². The van der Waals surface area contributed by atoms with Crippen LogP contribution in [0.15, 0.2) is 35.7 Å². The van der Waals surface area contributed by atoms with Crippen molar-refractivity contribution in [1.29, 1.82) is 0 Å². The highest BCUT2D eigenvalue weighted by Gasteiger charge is 2.05. The molecule has 1 aromatic heterocycles. The second-order valence-electron chi connectivity index (χ2n) is 4.62. The third-order valence-corrected chi connectivity index (χ3v) is 3.92. The summed E-state index contributed by atoms with van der Waals surface area (Å²) >= 11 is 1.70. The van der Waals surface area contributed by atoms with E-state index in [2.05, 4.69) is 16.7 Å². The smallest absolute Gasteiger partial charge is 0.319 e. The molecule has 0 radical (unpaired) electrons. The lowest BCUT2D eigenvalue weighted by Crippen LogP contribution is -2.30. The summed E-state index contributed by atoms with van der Waals surface area (Å²) in [5.74, 6) is 0.800. The van der Waals surface area contributed by atoms with E-state index < -0.39 is 0 Å². The Hall–Kier alpha value is -2.01. The zero-order valence-electron chi connectivity index (χ0n) is 12.3. The second-order valence-corrected chi connectivity index (χ2v) is 5.66. The highest BCUT2D eigenvalue weighted by atomic mass is 32.1. The minimum Gasteiger partial charge on any atom is -0.494 e. The van der Waals surface area contributed by atoms with Gasteiger partial charge < -0.3 is 15.4 Å². The monoisotopic (exact) mass is 304 g/mol. The molecule has 0 fully saturated rings. The molecule has 21 heavy (non-hydrogen) atoms. The molecule has 1 heterocycles. The van der Waals surface area contributed by atoms with Crippen molar-refractivity contribution in [1.82, 2.24) is 5.32 Å². The van der Waals surface area contributed by atoms with Gasteiger partial charge in [0.2, 0.25) is 0 Å². The Balaban J connectivity index is 1.83. The Kier molecular flexibility index (Phi) is 5.63. The minimum absolute atomic E-state index is 0.196. The Labute approximate surface area is 129 Å². The van der Waals surface area contributed by atoms with Crippen molar-refractivity contribution in [3.63, 3.8) is 0 Å². The lowest BCUT2D eigenvalue weighted by Gasteiger charge is -2.11. The molecule has 1 aromatic carbocycles. The van der Waals surface area contributed by atoms with Crippen LogP contribution in [-0.2, 0) is 6.42 Å². The molecule has 0 bridgehead atoms. The van der Waals surface area contributed by atoms with Gasteiger partial charge in [0.15, 0.2) is 0 Å². The van der Waals surface area contributed by atoms with Crippen LogP contribution in [0.5, 0.6) is 5.75 Å². The summed E-state index contributed by atoms with van der Waals surface area (Å²) in [6, 6.07) is 9.54. The van der Waals surface area contributed by atoms with E-state index in [1.807, 2.05) is 43.5 Å². The lowest BCUT2D eigenvalue weighted by molar-refractivity contribution is 0.252. The van der Waals surface area contributed by atoms with Crippen molar-refractivity contribution >= 4 is 23.1 Å². The number of carbonyl (C=O) groups excluding carboxylic acids is 1. The topological polar surface area (TPSA) is 50.4 Å². The molecule has 0 saturated heterocycles. The number of hydrogen-bond acceptors (Lipinski definition) is 3. The van der Waals surface area contributed by atoms with Gasteiger partial charge in [0.25, 0.3) is 0 Å². The molecule has 0 unspecified atom stereocenters. The summed E-state index contributed by atoms with van der Waals surface area (Å²) in [4.78, 5) is 13.1. The largest absolute Gasteiger partial charge is 0.494 e. The van der Waals surface area contributed by atoms with E-state index in [0.29, 0.717) is 13.2 Å². The van der Waals surface area contributed by atoms with E-state index in [1.165, 1.54) is 4.88 Å². The molecule has 0 saturated carbocycles. The van der Waals surface area contributed by atoms with E-state index in [1.54, 1.807) is 11.3 Å². The average Bonchev–Trinajstić information content (AvgIpc) is 2.96. The third-order valence-electron chi connectivity index (χ3n) is 2.98. The number of ether oxygens (including phenoxy) is 1. The molecular weight excluding hydrogens is 284 g/mol. The molecule has 5 heteroatoms. The highest BCUT2D eigenvalue weighted by Crippen LogP contribution is 2.22. The Morgan fingerprint density at radius 1 is 1.33 bits per heavy atom. The molecule has 2 N–H and O–H groups in total. The first-order chi connectivity index (χ1) is 10.2. The molecule has 0 aliphatic carbocycles. The van der Waals surface area contributed by atoms with Gasteiger partial charge in [-0.1, -0.05) is 12.1 Å². The average molecular weight is 304 g/mol. The first kappa shape index (κ1) is 15.4. The van der Waals surface area contributed by atoms with E-state index >= 15 is 0 Å². The fourth-order valence-corrected chi connectivity index (χ4v) is 2.63. The Bertz CT molecular complexity index is 582. The number of hydrogen-bond donors (Lipinski definition) is 2. The van der Waals surface area contributed by atoms with E-state index in [0.717, 1.165) is 23.4 Å². The number of aryl methyl sites for hydroxylation is 1. The quantitative estimate of drug-likeness (QED) is 0.852. The van der Waals surface area contributed by atoms with Gasteiger partial charge in [-0.2, -0.15) is 0 Å². The molecule has 4 nitrogen and oxygen atoms in total. The van der Waals surface area contributed by atoms with Crippen LogP contribution in [-0.4, -0.2) is 19.2 Å². The first-order valence-electron chi connectivity index (χ1n) is 6.99. The zero-order chi connectivity index (χ0) is 15.1. The number of nitrogens with one attached hydrogen (secondary N) is 2. The SMILES string of the molecule is CCOc1cc(NC(=O)NCCc2cccs2)ccc1C. The van der Waals surface area contributed by atoms with Crippen molar-refractivity contribution in [2.45, 2.75) is 20.3 Å². The maximum atomic E-state index is 11.8. The van der Waals surface area contributed by atoms with Crippen LogP contribution < -0.4 is 15.4 Å².